The zero-order chi connectivity index (χ0) is 23.5. The second kappa shape index (κ2) is 10.2. The monoisotopic (exact) mass is 463 g/mol. The van der Waals surface area contributed by atoms with E-state index < -0.39 is 12.1 Å². The summed E-state index contributed by atoms with van der Waals surface area (Å²) in [7, 11) is 0. The summed E-state index contributed by atoms with van der Waals surface area (Å²) in [5.74, 6) is -1.22. The fourth-order valence-electron chi connectivity index (χ4n) is 4.24. The van der Waals surface area contributed by atoms with Crippen LogP contribution in [-0.2, 0) is 25.6 Å². The lowest BCUT2D eigenvalue weighted by Gasteiger charge is -2.34. The number of nitrogens with zero attached hydrogens (tertiary/aromatic N) is 3. The van der Waals surface area contributed by atoms with Gasteiger partial charge in [0.15, 0.2) is 0 Å². The van der Waals surface area contributed by atoms with Gasteiger partial charge < -0.3 is 24.0 Å². The molecular formula is C20H28F3N3O6. The van der Waals surface area contributed by atoms with Crippen LogP contribution in [0.5, 0.6) is 0 Å². The SMILES string of the molecule is Cc1noc(C)c1CN1CC[C@H]2C[C@H](C(=O)N3CCOCC3)O[C@H]2C1.O=C(O)C(F)(F)F. The van der Waals surface area contributed by atoms with Gasteiger partial charge in [-0.3, -0.25) is 9.69 Å². The van der Waals surface area contributed by atoms with Crippen LogP contribution in [0.2, 0.25) is 0 Å². The number of carboxylic acids is 1. The van der Waals surface area contributed by atoms with Gasteiger partial charge in [0.1, 0.15) is 11.9 Å². The van der Waals surface area contributed by atoms with E-state index in [4.69, 9.17) is 23.9 Å². The van der Waals surface area contributed by atoms with Gasteiger partial charge in [-0.05, 0) is 39.2 Å². The molecule has 180 valence electrons. The van der Waals surface area contributed by atoms with Gasteiger partial charge in [0, 0.05) is 31.7 Å². The van der Waals surface area contributed by atoms with Crippen LogP contribution in [0, 0.1) is 19.8 Å². The molecule has 3 fully saturated rings. The lowest BCUT2D eigenvalue weighted by molar-refractivity contribution is -0.192. The molecule has 0 aliphatic carbocycles. The number of carbonyl (C=O) groups is 2. The maximum Gasteiger partial charge on any atom is 0.490 e. The lowest BCUT2D eigenvalue weighted by atomic mass is 9.91. The average Bonchev–Trinajstić information content (AvgIpc) is 3.31. The van der Waals surface area contributed by atoms with E-state index in [9.17, 15) is 18.0 Å². The summed E-state index contributed by atoms with van der Waals surface area (Å²) in [5.41, 5.74) is 2.14. The summed E-state index contributed by atoms with van der Waals surface area (Å²) in [6.45, 7) is 9.35. The molecule has 3 aliphatic heterocycles. The minimum Gasteiger partial charge on any atom is -0.475 e. The Bertz CT molecular complexity index is 789. The summed E-state index contributed by atoms with van der Waals surface area (Å²) >= 11 is 0. The number of aryl methyl sites for hydroxylation is 2. The highest BCUT2D eigenvalue weighted by Crippen LogP contribution is 2.35. The second-order valence-electron chi connectivity index (χ2n) is 8.23. The molecule has 32 heavy (non-hydrogen) atoms. The zero-order valence-corrected chi connectivity index (χ0v) is 18.1. The van der Waals surface area contributed by atoms with Crippen molar-refractivity contribution in [2.45, 2.75) is 51.6 Å². The van der Waals surface area contributed by atoms with E-state index in [-0.39, 0.29) is 18.1 Å². The number of piperidine rings is 1. The number of amides is 1. The fourth-order valence-corrected chi connectivity index (χ4v) is 4.24. The molecule has 3 aliphatic rings. The molecule has 3 saturated heterocycles. The number of rotatable bonds is 3. The summed E-state index contributed by atoms with van der Waals surface area (Å²) in [5, 5.41) is 11.2. The van der Waals surface area contributed by atoms with Crippen molar-refractivity contribution in [2.75, 3.05) is 39.4 Å². The third-order valence-corrected chi connectivity index (χ3v) is 6.04. The predicted octanol–water partition coefficient (Wildman–Crippen LogP) is 1.76. The van der Waals surface area contributed by atoms with E-state index in [1.54, 1.807) is 0 Å². The van der Waals surface area contributed by atoms with Crippen LogP contribution in [-0.4, -0.2) is 89.7 Å². The van der Waals surface area contributed by atoms with Gasteiger partial charge in [0.05, 0.1) is 25.0 Å². The van der Waals surface area contributed by atoms with Gasteiger partial charge in [-0.25, -0.2) is 4.79 Å². The minimum absolute atomic E-state index is 0.148. The Balaban J connectivity index is 0.000000360. The van der Waals surface area contributed by atoms with Gasteiger partial charge in [-0.2, -0.15) is 13.2 Å². The molecule has 0 bridgehead atoms. The first kappa shape index (κ1) is 24.5. The standard InChI is InChI=1S/C18H27N3O4.C2HF3O2/c1-12-15(13(2)25-19-12)10-20-4-3-14-9-16(24-17(14)11-20)18(22)21-5-7-23-8-6-21;3-2(4,5)1(6)7/h14,16-17H,3-11H2,1-2H3;(H,6,7)/t14-,16+,17-;/m0./s1. The minimum atomic E-state index is -5.08. The topological polar surface area (TPSA) is 105 Å². The van der Waals surface area contributed by atoms with E-state index in [0.29, 0.717) is 32.2 Å². The highest BCUT2D eigenvalue weighted by Gasteiger charge is 2.43. The van der Waals surface area contributed by atoms with Crippen molar-refractivity contribution in [1.29, 1.82) is 0 Å². The molecule has 0 spiro atoms. The van der Waals surface area contributed by atoms with Crippen LogP contribution < -0.4 is 0 Å². The molecule has 4 rings (SSSR count). The molecule has 0 radical (unpaired) electrons. The van der Waals surface area contributed by atoms with Gasteiger partial charge in [-0.15, -0.1) is 0 Å². The van der Waals surface area contributed by atoms with Gasteiger partial charge in [0.25, 0.3) is 5.91 Å². The summed E-state index contributed by atoms with van der Waals surface area (Å²) in [4.78, 5) is 25.9. The van der Waals surface area contributed by atoms with E-state index in [1.165, 1.54) is 5.56 Å². The molecule has 0 unspecified atom stereocenters. The number of hydrogen-bond acceptors (Lipinski definition) is 7. The number of carbonyl (C=O) groups excluding carboxylic acids is 1. The highest BCUT2D eigenvalue weighted by atomic mass is 19.4. The zero-order valence-electron chi connectivity index (χ0n) is 18.1. The van der Waals surface area contributed by atoms with Crippen molar-refractivity contribution in [2.24, 2.45) is 5.92 Å². The smallest absolute Gasteiger partial charge is 0.475 e. The number of aromatic nitrogens is 1. The number of fused-ring (bicyclic) bond motifs is 1. The third kappa shape index (κ3) is 5.99. The fraction of sp³-hybridized carbons (Fsp3) is 0.750. The molecule has 9 nitrogen and oxygen atoms in total. The third-order valence-electron chi connectivity index (χ3n) is 6.04. The Hall–Kier alpha value is -2.18. The number of likely N-dealkylation sites (tertiary alicyclic amines) is 1. The van der Waals surface area contributed by atoms with Crippen LogP contribution >= 0.6 is 0 Å². The number of ether oxygens (including phenoxy) is 2. The molecule has 1 aromatic rings. The number of halogens is 3. The normalized spacial score (nSPS) is 26.3. The molecule has 0 saturated carbocycles. The Morgan fingerprint density at radius 2 is 1.84 bits per heavy atom. The Morgan fingerprint density at radius 3 is 2.41 bits per heavy atom. The lowest BCUT2D eigenvalue weighted by Crippen LogP contribution is -2.46. The summed E-state index contributed by atoms with van der Waals surface area (Å²) in [6.07, 6.45) is -3.25. The predicted molar refractivity (Wildman–Crippen MR) is 104 cm³/mol. The van der Waals surface area contributed by atoms with Gasteiger partial charge in [-0.1, -0.05) is 5.16 Å². The Morgan fingerprint density at radius 1 is 1.19 bits per heavy atom. The van der Waals surface area contributed by atoms with Crippen LogP contribution in [0.25, 0.3) is 0 Å². The number of morpholine rings is 1. The number of carboxylic acid groups (broad SMARTS) is 1. The van der Waals surface area contributed by atoms with Crippen LogP contribution in [0.1, 0.15) is 29.9 Å². The first-order valence-corrected chi connectivity index (χ1v) is 10.5. The maximum absolute atomic E-state index is 12.7. The van der Waals surface area contributed by atoms with Crippen LogP contribution in [0.15, 0.2) is 4.52 Å². The summed E-state index contributed by atoms with van der Waals surface area (Å²) < 4.78 is 48.5. The Labute approximate surface area is 183 Å². The molecule has 1 aromatic heterocycles. The Kier molecular flexibility index (Phi) is 7.78. The van der Waals surface area contributed by atoms with E-state index in [0.717, 1.165) is 43.9 Å². The van der Waals surface area contributed by atoms with Crippen molar-refractivity contribution < 1.29 is 41.9 Å². The molecule has 0 aromatic carbocycles. The van der Waals surface area contributed by atoms with Gasteiger partial charge in [0.2, 0.25) is 0 Å². The molecule has 3 atom stereocenters. The largest absolute Gasteiger partial charge is 0.490 e. The van der Waals surface area contributed by atoms with Crippen molar-refractivity contribution in [1.82, 2.24) is 15.0 Å². The van der Waals surface area contributed by atoms with Gasteiger partial charge >= 0.3 is 12.1 Å². The van der Waals surface area contributed by atoms with Crippen molar-refractivity contribution >= 4 is 11.9 Å². The number of hydrogen-bond donors (Lipinski definition) is 1. The quantitative estimate of drug-likeness (QED) is 0.723. The molecule has 1 amide bonds. The first-order valence-electron chi connectivity index (χ1n) is 10.5. The van der Waals surface area contributed by atoms with Crippen molar-refractivity contribution in [3.63, 3.8) is 0 Å². The average molecular weight is 463 g/mol. The van der Waals surface area contributed by atoms with Crippen LogP contribution in [0.4, 0.5) is 13.2 Å². The molecule has 1 N–H and O–H groups in total. The van der Waals surface area contributed by atoms with Crippen molar-refractivity contribution in [3.05, 3.63) is 17.0 Å². The van der Waals surface area contributed by atoms with E-state index in [2.05, 4.69) is 10.1 Å². The summed E-state index contributed by atoms with van der Waals surface area (Å²) in [6, 6.07) is 0. The highest BCUT2D eigenvalue weighted by molar-refractivity contribution is 5.81. The number of aliphatic carboxylic acids is 1. The van der Waals surface area contributed by atoms with Crippen molar-refractivity contribution in [3.8, 4) is 0 Å². The molecular weight excluding hydrogens is 435 g/mol. The van der Waals surface area contributed by atoms with Crippen LogP contribution in [0.3, 0.4) is 0 Å². The number of alkyl halides is 3. The van der Waals surface area contributed by atoms with E-state index in [1.807, 2.05) is 18.7 Å². The van der Waals surface area contributed by atoms with E-state index >= 15 is 0 Å². The maximum atomic E-state index is 12.7. The first-order chi connectivity index (χ1) is 15.1. The molecule has 12 heteroatoms. The second-order valence-corrected chi connectivity index (χ2v) is 8.23. The molecule has 4 heterocycles.